The molecule has 0 saturated carbocycles. The largest absolute Gasteiger partial charge is 0.575 e. The molecule has 2 aromatic rings. The summed E-state index contributed by atoms with van der Waals surface area (Å²) >= 11 is 1.42. The van der Waals surface area contributed by atoms with E-state index in [2.05, 4.69) is 12.5 Å². The number of carbonyl (C=O) groups is 1. The maximum absolute atomic E-state index is 12.6. The van der Waals surface area contributed by atoms with Gasteiger partial charge in [0, 0.05) is 10.9 Å². The van der Waals surface area contributed by atoms with Crippen molar-refractivity contribution in [3.8, 4) is 5.75 Å². The molecule has 0 aliphatic carbocycles. The van der Waals surface area contributed by atoms with E-state index in [-0.39, 0.29) is 0 Å². The minimum atomic E-state index is -4.34. The Hall–Kier alpha value is -1.34. The number of ether oxygens (including phenoxy) is 1. The molecule has 0 spiro atoms. The van der Waals surface area contributed by atoms with E-state index in [1.165, 1.54) is 24.9 Å². The maximum atomic E-state index is 12.6. The average Bonchev–Trinajstić information content (AvgIpc) is 2.53. The first-order valence-corrected chi connectivity index (χ1v) is 10.6. The van der Waals surface area contributed by atoms with Crippen LogP contribution in [0.25, 0.3) is 10.8 Å². The van der Waals surface area contributed by atoms with E-state index < -0.39 is 27.9 Å². The first-order valence-electron chi connectivity index (χ1n) is 7.02. The molecule has 7 heteroatoms. The van der Waals surface area contributed by atoms with Crippen molar-refractivity contribution >= 4 is 39.2 Å². The summed E-state index contributed by atoms with van der Waals surface area (Å²) in [6.07, 6.45) is 5.24. The van der Waals surface area contributed by atoms with E-state index in [0.29, 0.717) is 22.1 Å². The molecular weight excluding hydrogens is 357 g/mol. The highest BCUT2D eigenvalue weighted by molar-refractivity contribution is 7.97. The van der Waals surface area contributed by atoms with E-state index in [1.54, 1.807) is 30.3 Å². The Labute approximate surface area is 147 Å². The van der Waals surface area contributed by atoms with Crippen LogP contribution in [-0.2, 0) is 22.7 Å². The van der Waals surface area contributed by atoms with Gasteiger partial charge in [-0.1, -0.05) is 24.3 Å². The van der Waals surface area contributed by atoms with Crippen LogP contribution in [0.2, 0.25) is 0 Å². The monoisotopic (exact) mass is 378 g/mol. The van der Waals surface area contributed by atoms with Crippen LogP contribution in [0.1, 0.15) is 10.4 Å². The summed E-state index contributed by atoms with van der Waals surface area (Å²) in [7, 11) is -0.438. The first-order chi connectivity index (χ1) is 11.3. The van der Waals surface area contributed by atoms with Crippen molar-refractivity contribution in [2.24, 2.45) is 0 Å². The van der Waals surface area contributed by atoms with Gasteiger partial charge in [-0.2, -0.15) is 0 Å². The molecule has 24 heavy (non-hydrogen) atoms. The molecule has 2 nitrogen and oxygen atoms in total. The quantitative estimate of drug-likeness (QED) is 0.459. The van der Waals surface area contributed by atoms with Gasteiger partial charge < -0.3 is 4.74 Å². The molecule has 2 rings (SSSR count). The Morgan fingerprint density at radius 3 is 2.17 bits per heavy atom. The Kier molecular flexibility index (Phi) is 7.96. The zero-order valence-electron chi connectivity index (χ0n) is 14.0. The molecule has 2 aromatic carbocycles. The van der Waals surface area contributed by atoms with Gasteiger partial charge in [0.2, 0.25) is 5.78 Å². The Balaban J connectivity index is 0.000000891. The number of carbonyl (C=O) groups excluding carboxylic acids is 1. The number of benzene rings is 2. The van der Waals surface area contributed by atoms with Crippen LogP contribution < -0.4 is 4.74 Å². The minimum Gasteiger partial charge on any atom is -0.496 e. The van der Waals surface area contributed by atoms with Gasteiger partial charge in [0.15, 0.2) is 5.75 Å². The molecule has 0 amide bonds. The topological polar surface area (TPSA) is 26.3 Å². The van der Waals surface area contributed by atoms with Crippen LogP contribution in [0, 0.1) is 0 Å². The molecule has 0 N–H and O–H groups in total. The Morgan fingerprint density at radius 1 is 1.12 bits per heavy atom. The van der Waals surface area contributed by atoms with Gasteiger partial charge in [0.25, 0.3) is 0 Å². The van der Waals surface area contributed by atoms with Gasteiger partial charge in [-0.05, 0) is 29.3 Å². The summed E-state index contributed by atoms with van der Waals surface area (Å²) in [6, 6.07) is 10.2. The lowest BCUT2D eigenvalue weighted by Crippen LogP contribution is -2.29. The predicted octanol–water partition coefficient (Wildman–Crippen LogP) is 3.86. The number of ketones is 1. The first kappa shape index (κ1) is 20.7. The lowest BCUT2D eigenvalue weighted by atomic mass is 10.0. The number of thiol groups is 1. The van der Waals surface area contributed by atoms with Gasteiger partial charge >= 0.3 is 5.51 Å². The zero-order valence-corrected chi connectivity index (χ0v) is 15.7. The standard InChI is InChI=1S/C15H14F3O2S.C2H6S/c1-20-14-8-7-11(10-5-3-4-6-12(10)14)13(19)9-21(2)15(16,17)18;1-3-2/h3-8H,9H2,1-2H3;1-2H3/q+1;/p+1. The summed E-state index contributed by atoms with van der Waals surface area (Å²) < 4.78 is 43.0. The summed E-state index contributed by atoms with van der Waals surface area (Å²) in [4.78, 5) is 12.2. The summed E-state index contributed by atoms with van der Waals surface area (Å²) in [6.45, 7) is 0. The smallest absolute Gasteiger partial charge is 0.496 e. The summed E-state index contributed by atoms with van der Waals surface area (Å²) in [5.74, 6) is -0.440. The summed E-state index contributed by atoms with van der Waals surface area (Å²) in [5, 5.41) is 1.33. The number of rotatable bonds is 4. The van der Waals surface area contributed by atoms with Crippen LogP contribution in [-0.4, -0.2) is 42.9 Å². The van der Waals surface area contributed by atoms with Crippen molar-refractivity contribution in [2.75, 3.05) is 31.6 Å². The molecule has 0 heterocycles. The van der Waals surface area contributed by atoms with E-state index in [1.807, 2.05) is 0 Å². The normalized spacial score (nSPS) is 12.3. The number of hydrogen-bond acceptors (Lipinski definition) is 2. The highest BCUT2D eigenvalue weighted by Gasteiger charge is 2.48. The molecule has 0 bridgehead atoms. The molecule has 0 radical (unpaired) electrons. The minimum absolute atomic E-state index is 0.301. The second-order valence-corrected chi connectivity index (χ2v) is 7.88. The molecule has 0 aromatic heterocycles. The van der Waals surface area contributed by atoms with Crippen molar-refractivity contribution < 1.29 is 22.7 Å². The molecule has 1 unspecified atom stereocenters. The third-order valence-electron chi connectivity index (χ3n) is 3.15. The van der Waals surface area contributed by atoms with Gasteiger partial charge in [-0.15, -0.1) is 13.2 Å². The van der Waals surface area contributed by atoms with E-state index >= 15 is 0 Å². The zero-order chi connectivity index (χ0) is 18.3. The fourth-order valence-electron chi connectivity index (χ4n) is 2.05. The van der Waals surface area contributed by atoms with E-state index in [4.69, 9.17) is 4.74 Å². The van der Waals surface area contributed by atoms with Crippen LogP contribution in [0.3, 0.4) is 0 Å². The molecule has 132 valence electrons. The number of Topliss-reactive ketones (excluding diaryl/α,β-unsaturated/α-hetero) is 1. The molecule has 0 aliphatic rings. The van der Waals surface area contributed by atoms with Crippen LogP contribution in [0.4, 0.5) is 13.2 Å². The third-order valence-corrected chi connectivity index (χ3v) is 4.63. The summed E-state index contributed by atoms with van der Waals surface area (Å²) in [5.41, 5.74) is -4.03. The fraction of sp³-hybridized carbons (Fsp3) is 0.353. The molecule has 0 aliphatic heterocycles. The van der Waals surface area contributed by atoms with Crippen LogP contribution in [0.5, 0.6) is 5.75 Å². The number of halogens is 3. The average molecular weight is 378 g/mol. The lowest BCUT2D eigenvalue weighted by molar-refractivity contribution is -0.0364. The van der Waals surface area contributed by atoms with Gasteiger partial charge in [-0.3, -0.25) is 4.79 Å². The molecule has 0 saturated heterocycles. The molecule has 0 fully saturated rings. The lowest BCUT2D eigenvalue weighted by Gasteiger charge is -2.10. The van der Waals surface area contributed by atoms with Crippen molar-refractivity contribution in [3.63, 3.8) is 0 Å². The van der Waals surface area contributed by atoms with Crippen molar-refractivity contribution in [1.29, 1.82) is 0 Å². The van der Waals surface area contributed by atoms with E-state index in [0.717, 1.165) is 6.26 Å². The van der Waals surface area contributed by atoms with E-state index in [9.17, 15) is 18.0 Å². The van der Waals surface area contributed by atoms with Gasteiger partial charge in [0.05, 0.1) is 19.6 Å². The van der Waals surface area contributed by atoms with Crippen molar-refractivity contribution in [2.45, 2.75) is 5.51 Å². The maximum Gasteiger partial charge on any atom is 0.575 e. The molecular formula is C17H21F3O2S2+2. The van der Waals surface area contributed by atoms with Crippen LogP contribution in [0.15, 0.2) is 36.4 Å². The number of fused-ring (bicyclic) bond motifs is 1. The highest BCUT2D eigenvalue weighted by atomic mass is 32.2. The number of methoxy groups -OCH3 is 1. The van der Waals surface area contributed by atoms with Gasteiger partial charge in [-0.25, -0.2) is 0 Å². The van der Waals surface area contributed by atoms with Gasteiger partial charge in [0.1, 0.15) is 22.9 Å². The Bertz CT molecular complexity index is 687. The SMILES string of the molecule is COc1ccc(C(=O)C[S+](C)C(F)(F)F)c2ccccc12.C[SH+]C. The fourth-order valence-corrected chi connectivity index (χ4v) is 2.76. The number of hydrogen-bond donors (Lipinski definition) is 0. The third kappa shape index (κ3) is 5.34. The number of alkyl halides is 3. The second kappa shape index (κ2) is 9.22. The van der Waals surface area contributed by atoms with Crippen molar-refractivity contribution in [3.05, 3.63) is 42.0 Å². The predicted molar refractivity (Wildman–Crippen MR) is 99.6 cm³/mol. The Morgan fingerprint density at radius 2 is 1.67 bits per heavy atom. The molecule has 1 atom stereocenters. The second-order valence-electron chi connectivity index (χ2n) is 4.96. The van der Waals surface area contributed by atoms with Crippen LogP contribution >= 0.6 is 0 Å². The van der Waals surface area contributed by atoms with Crippen molar-refractivity contribution in [1.82, 2.24) is 0 Å². The highest BCUT2D eigenvalue weighted by Crippen LogP contribution is 2.30.